The molecule has 0 radical (unpaired) electrons. The molecule has 5 nitrogen and oxygen atoms in total. The highest BCUT2D eigenvalue weighted by atomic mass is 79.9. The molecule has 138 valence electrons. The van der Waals surface area contributed by atoms with Gasteiger partial charge in [0.1, 0.15) is 5.75 Å². The van der Waals surface area contributed by atoms with Crippen LogP contribution in [0.4, 0.5) is 0 Å². The molecule has 0 spiro atoms. The molecule has 1 saturated heterocycles. The molecule has 1 unspecified atom stereocenters. The lowest BCUT2D eigenvalue weighted by molar-refractivity contribution is -0.133. The van der Waals surface area contributed by atoms with E-state index in [4.69, 9.17) is 4.74 Å². The third kappa shape index (κ3) is 6.34. The molecule has 0 aliphatic carbocycles. The van der Waals surface area contributed by atoms with Crippen molar-refractivity contribution in [2.24, 2.45) is 5.92 Å². The maximum atomic E-state index is 12.3. The Hall–Kier alpha value is -1.56. The van der Waals surface area contributed by atoms with Gasteiger partial charge in [-0.3, -0.25) is 9.59 Å². The van der Waals surface area contributed by atoms with Crippen molar-refractivity contribution in [2.75, 3.05) is 13.1 Å². The van der Waals surface area contributed by atoms with Crippen molar-refractivity contribution in [1.82, 2.24) is 10.2 Å². The standard InChI is InChI=1S/C19H27BrN2O3/c1-13(2)12-18(23)22-10-8-16(9-11-22)21-19(24)14(3)25-17-6-4-15(20)5-7-17/h4-7,13-14,16H,8-12H2,1-3H3,(H,21,24). The van der Waals surface area contributed by atoms with E-state index in [1.54, 1.807) is 6.92 Å². The van der Waals surface area contributed by atoms with E-state index < -0.39 is 6.10 Å². The van der Waals surface area contributed by atoms with Gasteiger partial charge in [0.15, 0.2) is 6.10 Å². The van der Waals surface area contributed by atoms with Crippen molar-refractivity contribution in [1.29, 1.82) is 0 Å². The molecular weight excluding hydrogens is 384 g/mol. The second-order valence-electron chi connectivity index (χ2n) is 6.98. The molecule has 25 heavy (non-hydrogen) atoms. The summed E-state index contributed by atoms with van der Waals surface area (Å²) in [6.45, 7) is 7.27. The molecule has 1 aromatic rings. The summed E-state index contributed by atoms with van der Waals surface area (Å²) in [5.41, 5.74) is 0. The maximum absolute atomic E-state index is 12.3. The fourth-order valence-corrected chi connectivity index (χ4v) is 3.11. The Morgan fingerprint density at radius 2 is 1.80 bits per heavy atom. The lowest BCUT2D eigenvalue weighted by atomic mass is 10.0. The van der Waals surface area contributed by atoms with Crippen molar-refractivity contribution in [3.05, 3.63) is 28.7 Å². The smallest absolute Gasteiger partial charge is 0.260 e. The molecule has 2 amide bonds. The maximum Gasteiger partial charge on any atom is 0.260 e. The number of amides is 2. The molecular formula is C19H27BrN2O3. The van der Waals surface area contributed by atoms with E-state index in [-0.39, 0.29) is 17.9 Å². The molecule has 1 atom stereocenters. The number of carbonyl (C=O) groups excluding carboxylic acids is 2. The third-order valence-corrected chi connectivity index (χ3v) is 4.80. The number of carbonyl (C=O) groups is 2. The molecule has 6 heteroatoms. The zero-order valence-corrected chi connectivity index (χ0v) is 16.7. The van der Waals surface area contributed by atoms with Crippen molar-refractivity contribution in [3.63, 3.8) is 0 Å². The van der Waals surface area contributed by atoms with Crippen molar-refractivity contribution >= 4 is 27.7 Å². The van der Waals surface area contributed by atoms with E-state index in [0.29, 0.717) is 31.2 Å². The van der Waals surface area contributed by atoms with E-state index in [0.717, 1.165) is 17.3 Å². The lowest BCUT2D eigenvalue weighted by Crippen LogP contribution is -2.49. The van der Waals surface area contributed by atoms with Gasteiger partial charge >= 0.3 is 0 Å². The van der Waals surface area contributed by atoms with Gasteiger partial charge < -0.3 is 15.0 Å². The van der Waals surface area contributed by atoms with Gasteiger partial charge in [-0.2, -0.15) is 0 Å². The summed E-state index contributed by atoms with van der Waals surface area (Å²) >= 11 is 3.37. The number of nitrogens with one attached hydrogen (secondary N) is 1. The van der Waals surface area contributed by atoms with Crippen LogP contribution in [0.5, 0.6) is 5.75 Å². The molecule has 0 aromatic heterocycles. The summed E-state index contributed by atoms with van der Waals surface area (Å²) in [6, 6.07) is 7.51. The van der Waals surface area contributed by atoms with E-state index in [9.17, 15) is 9.59 Å². The van der Waals surface area contributed by atoms with Crippen LogP contribution >= 0.6 is 15.9 Å². The Bertz CT molecular complexity index is 581. The Morgan fingerprint density at radius 3 is 2.36 bits per heavy atom. The van der Waals surface area contributed by atoms with Gasteiger partial charge in [-0.1, -0.05) is 29.8 Å². The number of likely N-dealkylation sites (tertiary alicyclic amines) is 1. The molecule has 1 heterocycles. The van der Waals surface area contributed by atoms with Crippen molar-refractivity contribution < 1.29 is 14.3 Å². The first-order valence-corrected chi connectivity index (χ1v) is 9.65. The Labute approximate surface area is 158 Å². The highest BCUT2D eigenvalue weighted by molar-refractivity contribution is 9.10. The van der Waals surface area contributed by atoms with Crippen LogP contribution in [0, 0.1) is 5.92 Å². The second-order valence-corrected chi connectivity index (χ2v) is 7.89. The molecule has 0 bridgehead atoms. The van der Waals surface area contributed by atoms with Crippen LogP contribution in [0.15, 0.2) is 28.7 Å². The number of halogens is 1. The van der Waals surface area contributed by atoms with Gasteiger partial charge in [0, 0.05) is 30.0 Å². The molecule has 1 aliphatic heterocycles. The molecule has 1 aliphatic rings. The largest absolute Gasteiger partial charge is 0.481 e. The summed E-state index contributed by atoms with van der Waals surface area (Å²) in [5.74, 6) is 1.14. The van der Waals surface area contributed by atoms with E-state index in [2.05, 4.69) is 35.1 Å². The van der Waals surface area contributed by atoms with Crippen LogP contribution in [-0.4, -0.2) is 41.9 Å². The number of piperidine rings is 1. The number of nitrogens with zero attached hydrogens (tertiary/aromatic N) is 1. The van der Waals surface area contributed by atoms with Crippen LogP contribution in [0.3, 0.4) is 0 Å². The fraction of sp³-hybridized carbons (Fsp3) is 0.579. The van der Waals surface area contributed by atoms with Crippen LogP contribution in [0.25, 0.3) is 0 Å². The summed E-state index contributed by atoms with van der Waals surface area (Å²) in [5, 5.41) is 3.04. The zero-order chi connectivity index (χ0) is 18.4. The Morgan fingerprint density at radius 1 is 1.20 bits per heavy atom. The van der Waals surface area contributed by atoms with Crippen LogP contribution in [0.1, 0.15) is 40.0 Å². The average Bonchev–Trinajstić information content (AvgIpc) is 2.57. The number of hydrogen-bond donors (Lipinski definition) is 1. The minimum atomic E-state index is -0.554. The Balaban J connectivity index is 1.76. The van der Waals surface area contributed by atoms with Crippen LogP contribution < -0.4 is 10.1 Å². The van der Waals surface area contributed by atoms with Crippen molar-refractivity contribution in [3.8, 4) is 5.75 Å². The van der Waals surface area contributed by atoms with Gasteiger partial charge in [0.05, 0.1) is 0 Å². The van der Waals surface area contributed by atoms with Gasteiger partial charge in [-0.05, 0) is 49.9 Å². The van der Waals surface area contributed by atoms with E-state index in [1.165, 1.54) is 0 Å². The molecule has 2 rings (SSSR count). The number of benzene rings is 1. The topological polar surface area (TPSA) is 58.6 Å². The van der Waals surface area contributed by atoms with Gasteiger partial charge in [0.2, 0.25) is 5.91 Å². The molecule has 1 N–H and O–H groups in total. The highest BCUT2D eigenvalue weighted by Crippen LogP contribution is 2.18. The highest BCUT2D eigenvalue weighted by Gasteiger charge is 2.25. The summed E-state index contributed by atoms with van der Waals surface area (Å²) in [4.78, 5) is 26.3. The summed E-state index contributed by atoms with van der Waals surface area (Å²) in [6.07, 6.45) is 1.62. The number of rotatable bonds is 6. The van der Waals surface area contributed by atoms with Crippen LogP contribution in [-0.2, 0) is 9.59 Å². The minimum Gasteiger partial charge on any atom is -0.481 e. The fourth-order valence-electron chi connectivity index (χ4n) is 2.84. The average molecular weight is 411 g/mol. The zero-order valence-electron chi connectivity index (χ0n) is 15.1. The number of ether oxygens (including phenoxy) is 1. The normalized spacial score (nSPS) is 16.6. The van der Waals surface area contributed by atoms with Gasteiger partial charge in [-0.25, -0.2) is 0 Å². The summed E-state index contributed by atoms with van der Waals surface area (Å²) in [7, 11) is 0. The SMILES string of the molecule is CC(C)CC(=O)N1CCC(NC(=O)C(C)Oc2ccc(Br)cc2)CC1. The molecule has 0 saturated carbocycles. The van der Waals surface area contributed by atoms with Gasteiger partial charge in [-0.15, -0.1) is 0 Å². The Kier molecular flexibility index (Phi) is 7.29. The first-order chi connectivity index (χ1) is 11.8. The first-order valence-electron chi connectivity index (χ1n) is 8.85. The first kappa shape index (κ1) is 19.8. The third-order valence-electron chi connectivity index (χ3n) is 4.27. The second kappa shape index (κ2) is 9.22. The monoisotopic (exact) mass is 410 g/mol. The molecule has 1 aromatic carbocycles. The van der Waals surface area contributed by atoms with Crippen LogP contribution in [0.2, 0.25) is 0 Å². The predicted octanol–water partition coefficient (Wildman–Crippen LogP) is 3.37. The quantitative estimate of drug-likeness (QED) is 0.781. The van der Waals surface area contributed by atoms with Gasteiger partial charge in [0.25, 0.3) is 5.91 Å². The minimum absolute atomic E-state index is 0.103. The summed E-state index contributed by atoms with van der Waals surface area (Å²) < 4.78 is 6.65. The predicted molar refractivity (Wildman–Crippen MR) is 101 cm³/mol. The molecule has 1 fully saturated rings. The number of hydrogen-bond acceptors (Lipinski definition) is 3. The lowest BCUT2D eigenvalue weighted by Gasteiger charge is -2.33. The van der Waals surface area contributed by atoms with E-state index >= 15 is 0 Å². The van der Waals surface area contributed by atoms with Crippen molar-refractivity contribution in [2.45, 2.75) is 52.2 Å². The van der Waals surface area contributed by atoms with E-state index in [1.807, 2.05) is 29.2 Å².